The van der Waals surface area contributed by atoms with Crippen LogP contribution in [0.4, 0.5) is 0 Å². The van der Waals surface area contributed by atoms with Crippen LogP contribution in [0.5, 0.6) is 5.75 Å². The van der Waals surface area contributed by atoms with Crippen molar-refractivity contribution < 1.29 is 9.53 Å². The number of nitrogens with one attached hydrogen (secondary N) is 1. The first kappa shape index (κ1) is 20.4. The standard InChI is InChI=1S/C22H23ClN2O2S/c1-25(14-17-13-18(23)10-11-19(17)27-2)15-21(26)24-22(20-9-6-12-28-20)16-7-4-3-5-8-16/h3-13,22H,14-15H2,1-2H3,(H,24,26)/t22-/m1/s1. The van der Waals surface area contributed by atoms with Crippen LogP contribution in [-0.4, -0.2) is 31.5 Å². The van der Waals surface area contributed by atoms with Crippen molar-refractivity contribution in [3.05, 3.63) is 87.1 Å². The molecule has 1 amide bonds. The van der Waals surface area contributed by atoms with E-state index in [1.165, 1.54) is 0 Å². The van der Waals surface area contributed by atoms with Crippen LogP contribution < -0.4 is 10.1 Å². The minimum absolute atomic E-state index is 0.0363. The lowest BCUT2D eigenvalue weighted by Crippen LogP contribution is -2.37. The highest BCUT2D eigenvalue weighted by atomic mass is 35.5. The zero-order chi connectivity index (χ0) is 19.9. The Bertz CT molecular complexity index is 900. The third-order valence-corrected chi connectivity index (χ3v) is 5.53. The molecule has 1 N–H and O–H groups in total. The van der Waals surface area contributed by atoms with Gasteiger partial charge in [0.15, 0.2) is 0 Å². The normalized spacial score (nSPS) is 12.0. The summed E-state index contributed by atoms with van der Waals surface area (Å²) in [6.45, 7) is 0.830. The number of benzene rings is 2. The predicted molar refractivity (Wildman–Crippen MR) is 115 cm³/mol. The van der Waals surface area contributed by atoms with E-state index in [2.05, 4.69) is 5.32 Å². The average Bonchev–Trinajstić information content (AvgIpc) is 3.21. The number of hydrogen-bond acceptors (Lipinski definition) is 4. The molecule has 146 valence electrons. The highest BCUT2D eigenvalue weighted by Crippen LogP contribution is 2.26. The van der Waals surface area contributed by atoms with Gasteiger partial charge in [0.05, 0.1) is 19.7 Å². The summed E-state index contributed by atoms with van der Waals surface area (Å²) >= 11 is 7.74. The maximum atomic E-state index is 12.7. The van der Waals surface area contributed by atoms with Crippen LogP contribution >= 0.6 is 22.9 Å². The van der Waals surface area contributed by atoms with E-state index in [1.807, 2.05) is 71.9 Å². The minimum Gasteiger partial charge on any atom is -0.496 e. The molecule has 0 saturated heterocycles. The lowest BCUT2D eigenvalue weighted by molar-refractivity contribution is -0.122. The van der Waals surface area contributed by atoms with Gasteiger partial charge >= 0.3 is 0 Å². The summed E-state index contributed by atoms with van der Waals surface area (Å²) in [7, 11) is 3.54. The third kappa shape index (κ3) is 5.35. The Morgan fingerprint density at radius 1 is 1.18 bits per heavy atom. The van der Waals surface area contributed by atoms with E-state index >= 15 is 0 Å². The topological polar surface area (TPSA) is 41.6 Å². The van der Waals surface area contributed by atoms with E-state index in [9.17, 15) is 4.79 Å². The van der Waals surface area contributed by atoms with E-state index in [0.29, 0.717) is 11.6 Å². The summed E-state index contributed by atoms with van der Waals surface area (Å²) in [6, 6.07) is 19.4. The Morgan fingerprint density at radius 2 is 1.96 bits per heavy atom. The van der Waals surface area contributed by atoms with Gasteiger partial charge in [0.1, 0.15) is 5.75 Å². The maximum Gasteiger partial charge on any atom is 0.234 e. The van der Waals surface area contributed by atoms with Crippen LogP contribution in [0.3, 0.4) is 0 Å². The van der Waals surface area contributed by atoms with Crippen molar-refractivity contribution in [2.45, 2.75) is 12.6 Å². The number of methoxy groups -OCH3 is 1. The molecule has 0 spiro atoms. The lowest BCUT2D eigenvalue weighted by Gasteiger charge is -2.22. The molecule has 0 aliphatic rings. The molecule has 0 saturated carbocycles. The van der Waals surface area contributed by atoms with Crippen LogP contribution in [0, 0.1) is 0 Å². The van der Waals surface area contributed by atoms with Crippen LogP contribution in [0.25, 0.3) is 0 Å². The molecule has 1 aromatic heterocycles. The fourth-order valence-electron chi connectivity index (χ4n) is 3.09. The third-order valence-electron chi connectivity index (χ3n) is 4.36. The molecule has 0 fully saturated rings. The van der Waals surface area contributed by atoms with Crippen LogP contribution in [0.15, 0.2) is 66.0 Å². The fourth-order valence-corrected chi connectivity index (χ4v) is 4.09. The van der Waals surface area contributed by atoms with Crippen LogP contribution in [-0.2, 0) is 11.3 Å². The van der Waals surface area contributed by atoms with Gasteiger partial charge in [-0.1, -0.05) is 48.0 Å². The largest absolute Gasteiger partial charge is 0.496 e. The second kappa shape index (κ2) is 9.73. The average molecular weight is 415 g/mol. The first-order valence-electron chi connectivity index (χ1n) is 8.95. The summed E-state index contributed by atoms with van der Waals surface area (Å²) in [6.07, 6.45) is 0. The lowest BCUT2D eigenvalue weighted by atomic mass is 10.1. The molecular weight excluding hydrogens is 392 g/mol. The zero-order valence-electron chi connectivity index (χ0n) is 15.9. The molecule has 4 nitrogen and oxygen atoms in total. The number of nitrogens with zero attached hydrogens (tertiary/aromatic N) is 1. The highest BCUT2D eigenvalue weighted by molar-refractivity contribution is 7.10. The monoisotopic (exact) mass is 414 g/mol. The van der Waals surface area contributed by atoms with Crippen molar-refractivity contribution in [1.29, 1.82) is 0 Å². The molecule has 0 unspecified atom stereocenters. The minimum atomic E-state index is -0.150. The number of amides is 1. The summed E-state index contributed by atoms with van der Waals surface area (Å²) in [5, 5.41) is 5.84. The van der Waals surface area contributed by atoms with Gasteiger partial charge < -0.3 is 10.1 Å². The van der Waals surface area contributed by atoms with Crippen molar-refractivity contribution in [1.82, 2.24) is 10.2 Å². The molecule has 0 aliphatic carbocycles. The number of ether oxygens (including phenoxy) is 1. The zero-order valence-corrected chi connectivity index (χ0v) is 17.5. The number of rotatable bonds is 8. The van der Waals surface area contributed by atoms with E-state index < -0.39 is 0 Å². The number of carbonyl (C=O) groups excluding carboxylic acids is 1. The molecule has 2 aromatic carbocycles. The number of likely N-dealkylation sites (N-methyl/N-ethyl adjacent to an activating group) is 1. The van der Waals surface area contributed by atoms with E-state index in [4.69, 9.17) is 16.3 Å². The molecule has 28 heavy (non-hydrogen) atoms. The second-order valence-electron chi connectivity index (χ2n) is 6.56. The predicted octanol–water partition coefficient (Wildman–Crippen LogP) is 4.75. The fraction of sp³-hybridized carbons (Fsp3) is 0.227. The van der Waals surface area contributed by atoms with Crippen molar-refractivity contribution >= 4 is 28.8 Å². The summed E-state index contributed by atoms with van der Waals surface area (Å²) in [5.74, 6) is 0.725. The number of hydrogen-bond donors (Lipinski definition) is 1. The van der Waals surface area contributed by atoms with E-state index in [-0.39, 0.29) is 18.5 Å². The van der Waals surface area contributed by atoms with E-state index in [1.54, 1.807) is 24.5 Å². The highest BCUT2D eigenvalue weighted by Gasteiger charge is 2.19. The van der Waals surface area contributed by atoms with E-state index in [0.717, 1.165) is 21.8 Å². The molecule has 6 heteroatoms. The van der Waals surface area contributed by atoms with Gasteiger partial charge in [-0.2, -0.15) is 0 Å². The Labute approximate surface area is 174 Å². The summed E-state index contributed by atoms with van der Waals surface area (Å²) < 4.78 is 5.39. The molecule has 3 aromatic rings. The van der Waals surface area contributed by atoms with Crippen molar-refractivity contribution in [3.63, 3.8) is 0 Å². The van der Waals surface area contributed by atoms with Crippen LogP contribution in [0.2, 0.25) is 5.02 Å². The number of carbonyl (C=O) groups is 1. The molecule has 0 aliphatic heterocycles. The maximum absolute atomic E-state index is 12.7. The first-order chi connectivity index (χ1) is 13.6. The van der Waals surface area contributed by atoms with Crippen LogP contribution in [0.1, 0.15) is 22.0 Å². The van der Waals surface area contributed by atoms with Crippen molar-refractivity contribution in [2.24, 2.45) is 0 Å². The smallest absolute Gasteiger partial charge is 0.234 e. The van der Waals surface area contributed by atoms with Gasteiger partial charge in [0.25, 0.3) is 0 Å². The molecule has 1 heterocycles. The Kier molecular flexibility index (Phi) is 7.09. The Balaban J connectivity index is 1.67. The van der Waals surface area contributed by atoms with Gasteiger partial charge in [-0.25, -0.2) is 0 Å². The molecule has 3 rings (SSSR count). The van der Waals surface area contributed by atoms with Gasteiger partial charge in [-0.05, 0) is 42.3 Å². The summed E-state index contributed by atoms with van der Waals surface area (Å²) in [5.41, 5.74) is 2.01. The first-order valence-corrected chi connectivity index (χ1v) is 10.2. The van der Waals surface area contributed by atoms with Gasteiger partial charge in [0, 0.05) is 22.0 Å². The molecule has 0 bridgehead atoms. The SMILES string of the molecule is COc1ccc(Cl)cc1CN(C)CC(=O)N[C@H](c1ccccc1)c1cccs1. The van der Waals surface area contributed by atoms with Gasteiger partial charge in [-0.3, -0.25) is 9.69 Å². The second-order valence-corrected chi connectivity index (χ2v) is 7.97. The Hall–Kier alpha value is -2.34. The molecular formula is C22H23ClN2O2S. The van der Waals surface area contributed by atoms with Gasteiger partial charge in [-0.15, -0.1) is 11.3 Å². The Morgan fingerprint density at radius 3 is 2.64 bits per heavy atom. The molecule has 1 atom stereocenters. The van der Waals surface area contributed by atoms with Gasteiger partial charge in [0.2, 0.25) is 5.91 Å². The molecule has 0 radical (unpaired) electrons. The van der Waals surface area contributed by atoms with Crippen molar-refractivity contribution in [2.75, 3.05) is 20.7 Å². The number of thiophene rings is 1. The quantitative estimate of drug-likeness (QED) is 0.578. The number of halogens is 1. The van der Waals surface area contributed by atoms with Crippen molar-refractivity contribution in [3.8, 4) is 5.75 Å². The summed E-state index contributed by atoms with van der Waals surface area (Å²) in [4.78, 5) is 15.8.